The highest BCUT2D eigenvalue weighted by atomic mass is 16.5. The topological polar surface area (TPSA) is 50.1 Å². The smallest absolute Gasteiger partial charge is 0.338 e. The average Bonchev–Trinajstić information content (AvgIpc) is 2.26. The molecule has 3 heteroatoms. The Morgan fingerprint density at radius 2 is 2.07 bits per heavy atom. The molecule has 1 aromatic rings. The second-order valence-electron chi connectivity index (χ2n) is 2.83. The zero-order chi connectivity index (χ0) is 10.4. The standard InChI is InChI=1S/C11H11NO2/c1-2-7-14-11(13)10-5-3-9(8-12)4-6-10/h3-6H,2,7H2,1H3. The van der Waals surface area contributed by atoms with Crippen molar-refractivity contribution < 1.29 is 9.53 Å². The first-order valence-corrected chi connectivity index (χ1v) is 4.45. The van der Waals surface area contributed by atoms with Crippen LogP contribution in [0.4, 0.5) is 0 Å². The van der Waals surface area contributed by atoms with E-state index in [9.17, 15) is 4.79 Å². The predicted molar refractivity (Wildman–Crippen MR) is 51.7 cm³/mol. The van der Waals surface area contributed by atoms with Gasteiger partial charge in [0.25, 0.3) is 0 Å². The fraction of sp³-hybridized carbons (Fsp3) is 0.273. The quantitative estimate of drug-likeness (QED) is 0.684. The van der Waals surface area contributed by atoms with Gasteiger partial charge in [-0.1, -0.05) is 6.92 Å². The maximum absolute atomic E-state index is 11.3. The van der Waals surface area contributed by atoms with Gasteiger partial charge in [0.05, 0.1) is 23.8 Å². The monoisotopic (exact) mass is 189 g/mol. The fourth-order valence-electron chi connectivity index (χ4n) is 0.959. The van der Waals surface area contributed by atoms with Gasteiger partial charge in [0.15, 0.2) is 0 Å². The maximum atomic E-state index is 11.3. The van der Waals surface area contributed by atoms with Crippen LogP contribution >= 0.6 is 0 Å². The minimum absolute atomic E-state index is 0.337. The summed E-state index contributed by atoms with van der Waals surface area (Å²) in [5.41, 5.74) is 1.02. The summed E-state index contributed by atoms with van der Waals surface area (Å²) in [5, 5.41) is 8.54. The zero-order valence-corrected chi connectivity index (χ0v) is 7.99. The van der Waals surface area contributed by atoms with Gasteiger partial charge in [-0.15, -0.1) is 0 Å². The van der Waals surface area contributed by atoms with Gasteiger partial charge < -0.3 is 4.74 Å². The van der Waals surface area contributed by atoms with E-state index in [1.54, 1.807) is 24.3 Å². The summed E-state index contributed by atoms with van der Waals surface area (Å²) >= 11 is 0. The van der Waals surface area contributed by atoms with Crippen LogP contribution in [0, 0.1) is 11.3 Å². The fourth-order valence-corrected chi connectivity index (χ4v) is 0.959. The van der Waals surface area contributed by atoms with E-state index in [0.717, 1.165) is 6.42 Å². The number of rotatable bonds is 3. The molecule has 14 heavy (non-hydrogen) atoms. The van der Waals surface area contributed by atoms with E-state index < -0.39 is 0 Å². The predicted octanol–water partition coefficient (Wildman–Crippen LogP) is 2.13. The van der Waals surface area contributed by atoms with Gasteiger partial charge in [-0.3, -0.25) is 0 Å². The summed E-state index contributed by atoms with van der Waals surface area (Å²) in [6, 6.07) is 8.37. The Labute approximate surface area is 82.9 Å². The molecule has 0 aromatic heterocycles. The van der Waals surface area contributed by atoms with Crippen LogP contribution in [0.15, 0.2) is 24.3 Å². The first-order chi connectivity index (χ1) is 6.77. The van der Waals surface area contributed by atoms with E-state index in [4.69, 9.17) is 10.00 Å². The molecule has 0 spiro atoms. The van der Waals surface area contributed by atoms with Crippen LogP contribution in [0.2, 0.25) is 0 Å². The van der Waals surface area contributed by atoms with Crippen molar-refractivity contribution in [3.63, 3.8) is 0 Å². The Bertz CT molecular complexity index is 349. The van der Waals surface area contributed by atoms with Crippen LogP contribution < -0.4 is 0 Å². The largest absolute Gasteiger partial charge is 0.462 e. The Hall–Kier alpha value is -1.82. The Balaban J connectivity index is 2.68. The number of esters is 1. The molecule has 72 valence electrons. The van der Waals surface area contributed by atoms with E-state index in [1.807, 2.05) is 13.0 Å². The molecule has 0 saturated carbocycles. The van der Waals surface area contributed by atoms with Crippen molar-refractivity contribution in [3.8, 4) is 6.07 Å². The third-order valence-corrected chi connectivity index (χ3v) is 1.69. The molecule has 3 nitrogen and oxygen atoms in total. The molecule has 0 aliphatic heterocycles. The van der Waals surface area contributed by atoms with Crippen LogP contribution in [0.3, 0.4) is 0 Å². The van der Waals surface area contributed by atoms with Crippen LogP contribution in [-0.4, -0.2) is 12.6 Å². The van der Waals surface area contributed by atoms with E-state index >= 15 is 0 Å². The van der Waals surface area contributed by atoms with Crippen LogP contribution in [0.1, 0.15) is 29.3 Å². The number of nitrogens with zero attached hydrogens (tertiary/aromatic N) is 1. The van der Waals surface area contributed by atoms with Crippen LogP contribution in [-0.2, 0) is 4.74 Å². The lowest BCUT2D eigenvalue weighted by Gasteiger charge is -2.02. The average molecular weight is 189 g/mol. The summed E-state index contributed by atoms with van der Waals surface area (Å²) in [5.74, 6) is -0.337. The third-order valence-electron chi connectivity index (χ3n) is 1.69. The van der Waals surface area contributed by atoms with Gasteiger partial charge >= 0.3 is 5.97 Å². The SMILES string of the molecule is CCCOC(=O)c1ccc(C#N)cc1. The third kappa shape index (κ3) is 2.60. The molecule has 0 N–H and O–H groups in total. The minimum Gasteiger partial charge on any atom is -0.462 e. The van der Waals surface area contributed by atoms with Gasteiger partial charge in [-0.2, -0.15) is 5.26 Å². The van der Waals surface area contributed by atoms with Crippen LogP contribution in [0.25, 0.3) is 0 Å². The molecule has 0 amide bonds. The first kappa shape index (κ1) is 10.3. The van der Waals surface area contributed by atoms with Crippen molar-refractivity contribution >= 4 is 5.97 Å². The second-order valence-corrected chi connectivity index (χ2v) is 2.83. The highest BCUT2D eigenvalue weighted by molar-refractivity contribution is 5.89. The zero-order valence-electron chi connectivity index (χ0n) is 7.99. The molecule has 0 bridgehead atoms. The van der Waals surface area contributed by atoms with Crippen molar-refractivity contribution in [1.82, 2.24) is 0 Å². The normalized spacial score (nSPS) is 9.14. The molecule has 0 saturated heterocycles. The summed E-state index contributed by atoms with van der Waals surface area (Å²) in [6.07, 6.45) is 0.808. The van der Waals surface area contributed by atoms with E-state index in [-0.39, 0.29) is 5.97 Å². The molecule has 0 radical (unpaired) electrons. The van der Waals surface area contributed by atoms with E-state index in [0.29, 0.717) is 17.7 Å². The van der Waals surface area contributed by atoms with Gasteiger partial charge in [0, 0.05) is 0 Å². The summed E-state index contributed by atoms with van der Waals surface area (Å²) in [6.45, 7) is 2.37. The number of hydrogen-bond acceptors (Lipinski definition) is 3. The van der Waals surface area contributed by atoms with E-state index in [1.165, 1.54) is 0 Å². The van der Waals surface area contributed by atoms with E-state index in [2.05, 4.69) is 0 Å². The van der Waals surface area contributed by atoms with Gasteiger partial charge in [-0.25, -0.2) is 4.79 Å². The molecule has 0 aliphatic carbocycles. The lowest BCUT2D eigenvalue weighted by molar-refractivity contribution is 0.0505. The number of carbonyl (C=O) groups is 1. The second kappa shape index (κ2) is 5.03. The molecule has 0 unspecified atom stereocenters. The number of carbonyl (C=O) groups excluding carboxylic acids is 1. The highest BCUT2D eigenvalue weighted by Crippen LogP contribution is 2.05. The first-order valence-electron chi connectivity index (χ1n) is 4.45. The van der Waals surface area contributed by atoms with Crippen LogP contribution in [0.5, 0.6) is 0 Å². The van der Waals surface area contributed by atoms with Crippen molar-refractivity contribution in [2.75, 3.05) is 6.61 Å². The summed E-state index contributed by atoms with van der Waals surface area (Å²) in [7, 11) is 0. The molecular weight excluding hydrogens is 178 g/mol. The Morgan fingerprint density at radius 1 is 1.43 bits per heavy atom. The number of benzene rings is 1. The summed E-state index contributed by atoms with van der Waals surface area (Å²) in [4.78, 5) is 11.3. The molecule has 0 fully saturated rings. The summed E-state index contributed by atoms with van der Waals surface area (Å²) < 4.78 is 4.93. The van der Waals surface area contributed by atoms with Crippen molar-refractivity contribution in [2.24, 2.45) is 0 Å². The Morgan fingerprint density at radius 3 is 2.57 bits per heavy atom. The molecular formula is C11H11NO2. The number of nitriles is 1. The molecule has 0 heterocycles. The lowest BCUT2D eigenvalue weighted by Crippen LogP contribution is -2.05. The number of ether oxygens (including phenoxy) is 1. The lowest BCUT2D eigenvalue weighted by atomic mass is 10.1. The number of hydrogen-bond donors (Lipinski definition) is 0. The van der Waals surface area contributed by atoms with Crippen molar-refractivity contribution in [3.05, 3.63) is 35.4 Å². The molecule has 0 aliphatic rings. The van der Waals surface area contributed by atoms with Gasteiger partial charge in [-0.05, 0) is 30.7 Å². The Kier molecular flexibility index (Phi) is 3.69. The maximum Gasteiger partial charge on any atom is 0.338 e. The minimum atomic E-state index is -0.337. The van der Waals surface area contributed by atoms with Gasteiger partial charge in [0.1, 0.15) is 0 Å². The highest BCUT2D eigenvalue weighted by Gasteiger charge is 2.05. The molecule has 1 rings (SSSR count). The molecule has 0 atom stereocenters. The van der Waals surface area contributed by atoms with Crippen molar-refractivity contribution in [2.45, 2.75) is 13.3 Å². The van der Waals surface area contributed by atoms with Gasteiger partial charge in [0.2, 0.25) is 0 Å². The molecule has 1 aromatic carbocycles. The van der Waals surface area contributed by atoms with Crippen molar-refractivity contribution in [1.29, 1.82) is 5.26 Å².